The maximum atomic E-state index is 13.4. The van der Waals surface area contributed by atoms with Gasteiger partial charge in [0.1, 0.15) is 6.04 Å². The van der Waals surface area contributed by atoms with Crippen molar-refractivity contribution in [1.29, 1.82) is 0 Å². The SMILES string of the molecule is COC(=O)CCN(Cc1ccc(F)c(F)c1)C(=O)C1CC(C)NN1. The lowest BCUT2D eigenvalue weighted by molar-refractivity contribution is -0.142. The number of hydrogen-bond donors (Lipinski definition) is 2. The largest absolute Gasteiger partial charge is 0.469 e. The fourth-order valence-corrected chi connectivity index (χ4v) is 2.55. The van der Waals surface area contributed by atoms with E-state index in [9.17, 15) is 18.4 Å². The van der Waals surface area contributed by atoms with Gasteiger partial charge in [0.25, 0.3) is 0 Å². The van der Waals surface area contributed by atoms with Crippen molar-refractivity contribution in [1.82, 2.24) is 15.8 Å². The number of hydrazine groups is 1. The Balaban J connectivity index is 2.10. The van der Waals surface area contributed by atoms with Gasteiger partial charge < -0.3 is 9.64 Å². The van der Waals surface area contributed by atoms with Crippen LogP contribution in [-0.4, -0.2) is 42.5 Å². The van der Waals surface area contributed by atoms with E-state index in [1.54, 1.807) is 0 Å². The molecule has 6 nitrogen and oxygen atoms in total. The van der Waals surface area contributed by atoms with Crippen molar-refractivity contribution in [2.45, 2.75) is 38.4 Å². The summed E-state index contributed by atoms with van der Waals surface area (Å²) in [5, 5.41) is 0. The van der Waals surface area contributed by atoms with Gasteiger partial charge in [-0.2, -0.15) is 0 Å². The molecular weight excluding hydrogens is 320 g/mol. The van der Waals surface area contributed by atoms with Crippen LogP contribution in [0.25, 0.3) is 0 Å². The van der Waals surface area contributed by atoms with Crippen LogP contribution in [0.4, 0.5) is 8.78 Å². The van der Waals surface area contributed by atoms with Gasteiger partial charge in [0.05, 0.1) is 13.5 Å². The first kappa shape index (κ1) is 18.3. The summed E-state index contributed by atoms with van der Waals surface area (Å²) < 4.78 is 31.0. The summed E-state index contributed by atoms with van der Waals surface area (Å²) in [5.41, 5.74) is 6.32. The summed E-state index contributed by atoms with van der Waals surface area (Å²) in [5.74, 6) is -2.56. The molecule has 0 radical (unpaired) electrons. The van der Waals surface area contributed by atoms with E-state index in [0.717, 1.165) is 12.1 Å². The van der Waals surface area contributed by atoms with Crippen LogP contribution in [0.3, 0.4) is 0 Å². The number of carbonyl (C=O) groups is 2. The standard InChI is InChI=1S/C16H21F2N3O3/c1-10-7-14(20-19-10)16(23)21(6-5-15(22)24-2)9-11-3-4-12(17)13(18)8-11/h3-4,8,10,14,19-20H,5-7,9H2,1-2H3. The predicted octanol–water partition coefficient (Wildman–Crippen LogP) is 1.11. The molecule has 0 spiro atoms. The third-order valence-corrected chi connectivity index (χ3v) is 3.87. The monoisotopic (exact) mass is 341 g/mol. The molecule has 1 amide bonds. The normalized spacial score (nSPS) is 20.0. The van der Waals surface area contributed by atoms with Crippen molar-refractivity contribution in [3.05, 3.63) is 35.4 Å². The molecule has 1 fully saturated rings. The van der Waals surface area contributed by atoms with Crippen LogP contribution in [0.15, 0.2) is 18.2 Å². The quantitative estimate of drug-likeness (QED) is 0.759. The van der Waals surface area contributed by atoms with Crippen LogP contribution in [0.2, 0.25) is 0 Å². The smallest absolute Gasteiger partial charge is 0.307 e. The Morgan fingerprint density at radius 2 is 2.04 bits per heavy atom. The van der Waals surface area contributed by atoms with Gasteiger partial charge in [-0.05, 0) is 31.0 Å². The first-order valence-electron chi connectivity index (χ1n) is 7.71. The van der Waals surface area contributed by atoms with E-state index in [4.69, 9.17) is 0 Å². The summed E-state index contributed by atoms with van der Waals surface area (Å²) in [4.78, 5) is 25.5. The number of nitrogens with one attached hydrogen (secondary N) is 2. The highest BCUT2D eigenvalue weighted by Crippen LogP contribution is 2.14. The van der Waals surface area contributed by atoms with E-state index >= 15 is 0 Å². The average molecular weight is 341 g/mol. The van der Waals surface area contributed by atoms with Gasteiger partial charge >= 0.3 is 5.97 Å². The summed E-state index contributed by atoms with van der Waals surface area (Å²) in [7, 11) is 1.27. The minimum absolute atomic E-state index is 0.0294. The van der Waals surface area contributed by atoms with Crippen LogP contribution < -0.4 is 10.9 Å². The molecule has 132 valence electrons. The minimum Gasteiger partial charge on any atom is -0.469 e. The van der Waals surface area contributed by atoms with Gasteiger partial charge in [0.2, 0.25) is 5.91 Å². The fraction of sp³-hybridized carbons (Fsp3) is 0.500. The summed E-state index contributed by atoms with van der Waals surface area (Å²) in [6, 6.07) is 3.20. The van der Waals surface area contributed by atoms with Crippen LogP contribution in [0, 0.1) is 11.6 Å². The van der Waals surface area contributed by atoms with E-state index in [1.165, 1.54) is 18.1 Å². The molecule has 1 aromatic carbocycles. The van der Waals surface area contributed by atoms with Gasteiger partial charge in [-0.25, -0.2) is 14.2 Å². The maximum Gasteiger partial charge on any atom is 0.307 e. The predicted molar refractivity (Wildman–Crippen MR) is 82.5 cm³/mol. The molecule has 0 aliphatic carbocycles. The zero-order chi connectivity index (χ0) is 17.7. The summed E-state index contributed by atoms with van der Waals surface area (Å²) in [6.07, 6.45) is 0.632. The summed E-state index contributed by atoms with van der Waals surface area (Å²) >= 11 is 0. The van der Waals surface area contributed by atoms with Gasteiger partial charge in [-0.3, -0.25) is 15.0 Å². The van der Waals surface area contributed by atoms with Crippen LogP contribution in [0.1, 0.15) is 25.3 Å². The van der Waals surface area contributed by atoms with E-state index < -0.39 is 23.6 Å². The van der Waals surface area contributed by atoms with Crippen molar-refractivity contribution < 1.29 is 23.1 Å². The molecule has 2 N–H and O–H groups in total. The van der Waals surface area contributed by atoms with E-state index in [1.807, 2.05) is 6.92 Å². The second-order valence-corrected chi connectivity index (χ2v) is 5.81. The van der Waals surface area contributed by atoms with Crippen LogP contribution >= 0.6 is 0 Å². The molecule has 1 saturated heterocycles. The Hall–Kier alpha value is -2.06. The highest BCUT2D eigenvalue weighted by molar-refractivity contribution is 5.82. The maximum absolute atomic E-state index is 13.4. The molecule has 1 aliphatic rings. The van der Waals surface area contributed by atoms with Crippen molar-refractivity contribution in [2.75, 3.05) is 13.7 Å². The molecule has 24 heavy (non-hydrogen) atoms. The number of ether oxygens (including phenoxy) is 1. The zero-order valence-electron chi connectivity index (χ0n) is 13.6. The first-order valence-corrected chi connectivity index (χ1v) is 7.71. The Kier molecular flexibility index (Phi) is 6.22. The molecule has 2 rings (SSSR count). The van der Waals surface area contributed by atoms with Gasteiger partial charge in [-0.1, -0.05) is 6.07 Å². The van der Waals surface area contributed by atoms with E-state index in [0.29, 0.717) is 12.0 Å². The minimum atomic E-state index is -0.970. The third kappa shape index (κ3) is 4.72. The topological polar surface area (TPSA) is 70.7 Å². The molecule has 8 heteroatoms. The number of methoxy groups -OCH3 is 1. The number of nitrogens with zero attached hydrogens (tertiary/aromatic N) is 1. The number of benzene rings is 1. The highest BCUT2D eigenvalue weighted by Gasteiger charge is 2.30. The number of carbonyl (C=O) groups excluding carboxylic acids is 2. The second-order valence-electron chi connectivity index (χ2n) is 5.81. The van der Waals surface area contributed by atoms with E-state index in [2.05, 4.69) is 15.6 Å². The van der Waals surface area contributed by atoms with Gasteiger partial charge in [0, 0.05) is 19.1 Å². The number of amides is 1. The highest BCUT2D eigenvalue weighted by atomic mass is 19.2. The second kappa shape index (κ2) is 8.16. The lowest BCUT2D eigenvalue weighted by atomic mass is 10.1. The van der Waals surface area contributed by atoms with Crippen LogP contribution in [-0.2, 0) is 20.9 Å². The molecule has 1 aromatic rings. The molecular formula is C16H21F2N3O3. The van der Waals surface area contributed by atoms with Crippen molar-refractivity contribution in [2.24, 2.45) is 0 Å². The molecule has 2 atom stereocenters. The number of esters is 1. The lowest BCUT2D eigenvalue weighted by Crippen LogP contribution is -2.46. The van der Waals surface area contributed by atoms with Crippen molar-refractivity contribution >= 4 is 11.9 Å². The molecule has 0 bridgehead atoms. The molecule has 1 heterocycles. The average Bonchev–Trinajstić information content (AvgIpc) is 3.00. The third-order valence-electron chi connectivity index (χ3n) is 3.87. The Morgan fingerprint density at radius 3 is 2.62 bits per heavy atom. The number of rotatable bonds is 6. The van der Waals surface area contributed by atoms with E-state index in [-0.39, 0.29) is 31.5 Å². The fourth-order valence-electron chi connectivity index (χ4n) is 2.55. The zero-order valence-corrected chi connectivity index (χ0v) is 13.6. The van der Waals surface area contributed by atoms with Crippen molar-refractivity contribution in [3.8, 4) is 0 Å². The van der Waals surface area contributed by atoms with Gasteiger partial charge in [-0.15, -0.1) is 0 Å². The molecule has 0 aromatic heterocycles. The van der Waals surface area contributed by atoms with Crippen LogP contribution in [0.5, 0.6) is 0 Å². The first-order chi connectivity index (χ1) is 11.4. The van der Waals surface area contributed by atoms with Crippen molar-refractivity contribution in [3.63, 3.8) is 0 Å². The van der Waals surface area contributed by atoms with Gasteiger partial charge in [0.15, 0.2) is 11.6 Å². The molecule has 1 aliphatic heterocycles. The Labute approximate surface area is 139 Å². The summed E-state index contributed by atoms with van der Waals surface area (Å²) in [6.45, 7) is 2.16. The number of halogens is 2. The molecule has 2 unspecified atom stereocenters. The Bertz CT molecular complexity index is 612. The molecule has 0 saturated carbocycles. The number of hydrogen-bond acceptors (Lipinski definition) is 5. The lowest BCUT2D eigenvalue weighted by Gasteiger charge is -2.25. The Morgan fingerprint density at radius 1 is 1.29 bits per heavy atom.